The highest BCUT2D eigenvalue weighted by Gasteiger charge is 2.21. The summed E-state index contributed by atoms with van der Waals surface area (Å²) in [7, 11) is 0. The van der Waals surface area contributed by atoms with Crippen LogP contribution in [0.4, 0.5) is 10.1 Å². The van der Waals surface area contributed by atoms with Gasteiger partial charge in [0.1, 0.15) is 5.82 Å². The van der Waals surface area contributed by atoms with Gasteiger partial charge >= 0.3 is 0 Å². The Bertz CT molecular complexity index is 655. The summed E-state index contributed by atoms with van der Waals surface area (Å²) in [5, 5.41) is 13.6. The van der Waals surface area contributed by atoms with Gasteiger partial charge in [0.05, 0.1) is 17.9 Å². The fourth-order valence-electron chi connectivity index (χ4n) is 1.80. The molecular formula is C12H11FIN5O. The SMILES string of the molecule is O=C(Nc1ccc(F)cc1I)c1cn(C2CNC2)nn1. The van der Waals surface area contributed by atoms with Crippen molar-refractivity contribution in [1.29, 1.82) is 0 Å². The van der Waals surface area contributed by atoms with Crippen LogP contribution in [0.2, 0.25) is 0 Å². The molecule has 1 aromatic heterocycles. The largest absolute Gasteiger partial charge is 0.320 e. The zero-order valence-corrected chi connectivity index (χ0v) is 12.5. The van der Waals surface area contributed by atoms with Crippen LogP contribution >= 0.6 is 22.6 Å². The quantitative estimate of drug-likeness (QED) is 0.782. The molecule has 0 aliphatic carbocycles. The number of anilines is 1. The van der Waals surface area contributed by atoms with Crippen LogP contribution in [0.5, 0.6) is 0 Å². The minimum absolute atomic E-state index is 0.247. The zero-order chi connectivity index (χ0) is 14.1. The predicted octanol–water partition coefficient (Wildman–Crippen LogP) is 1.42. The summed E-state index contributed by atoms with van der Waals surface area (Å²) >= 11 is 1.97. The van der Waals surface area contributed by atoms with Crippen molar-refractivity contribution in [3.63, 3.8) is 0 Å². The van der Waals surface area contributed by atoms with Crippen LogP contribution < -0.4 is 10.6 Å². The molecule has 8 heteroatoms. The second-order valence-electron chi connectivity index (χ2n) is 4.47. The van der Waals surface area contributed by atoms with E-state index in [0.717, 1.165) is 13.1 Å². The smallest absolute Gasteiger partial charge is 0.277 e. The van der Waals surface area contributed by atoms with Gasteiger partial charge in [-0.25, -0.2) is 9.07 Å². The molecule has 0 radical (unpaired) electrons. The Labute approximate surface area is 127 Å². The van der Waals surface area contributed by atoms with Crippen molar-refractivity contribution >= 4 is 34.2 Å². The molecule has 1 aliphatic heterocycles. The van der Waals surface area contributed by atoms with Crippen molar-refractivity contribution < 1.29 is 9.18 Å². The summed E-state index contributed by atoms with van der Waals surface area (Å²) < 4.78 is 15.3. The lowest BCUT2D eigenvalue weighted by Crippen LogP contribution is -2.43. The molecule has 2 N–H and O–H groups in total. The molecule has 0 saturated carbocycles. The Balaban J connectivity index is 1.73. The third-order valence-electron chi connectivity index (χ3n) is 3.06. The summed E-state index contributed by atoms with van der Waals surface area (Å²) in [6.07, 6.45) is 1.62. The Kier molecular flexibility index (Phi) is 3.66. The highest BCUT2D eigenvalue weighted by atomic mass is 127. The van der Waals surface area contributed by atoms with E-state index in [0.29, 0.717) is 9.26 Å². The Morgan fingerprint density at radius 2 is 2.30 bits per heavy atom. The van der Waals surface area contributed by atoms with Crippen molar-refractivity contribution in [3.05, 3.63) is 39.5 Å². The molecule has 1 amide bonds. The zero-order valence-electron chi connectivity index (χ0n) is 10.3. The Morgan fingerprint density at radius 1 is 1.50 bits per heavy atom. The summed E-state index contributed by atoms with van der Waals surface area (Å²) in [5.41, 5.74) is 0.800. The van der Waals surface area contributed by atoms with Crippen LogP contribution in [0, 0.1) is 9.39 Å². The monoisotopic (exact) mass is 387 g/mol. The Hall–Kier alpha value is -1.55. The fraction of sp³-hybridized carbons (Fsp3) is 0.250. The minimum Gasteiger partial charge on any atom is -0.320 e. The van der Waals surface area contributed by atoms with E-state index in [-0.39, 0.29) is 23.5 Å². The average Bonchev–Trinajstić information content (AvgIpc) is 2.80. The molecule has 0 unspecified atom stereocenters. The van der Waals surface area contributed by atoms with Crippen LogP contribution in [0.25, 0.3) is 0 Å². The van der Waals surface area contributed by atoms with E-state index in [2.05, 4.69) is 20.9 Å². The van der Waals surface area contributed by atoms with Gasteiger partial charge < -0.3 is 10.6 Å². The number of benzene rings is 1. The van der Waals surface area contributed by atoms with Crippen molar-refractivity contribution in [2.45, 2.75) is 6.04 Å². The molecule has 3 rings (SSSR count). The molecule has 1 aliphatic rings. The standard InChI is InChI=1S/C12H11FIN5O/c13-7-1-2-10(9(14)3-7)16-12(20)11-6-19(18-17-11)8-4-15-5-8/h1-3,6,8,15H,4-5H2,(H,16,20). The molecular weight excluding hydrogens is 376 g/mol. The maximum Gasteiger partial charge on any atom is 0.277 e. The molecule has 20 heavy (non-hydrogen) atoms. The summed E-state index contributed by atoms with van der Waals surface area (Å²) in [5.74, 6) is -0.691. The second kappa shape index (κ2) is 5.44. The molecule has 2 aromatic rings. The lowest BCUT2D eigenvalue weighted by molar-refractivity contribution is 0.102. The van der Waals surface area contributed by atoms with Gasteiger partial charge in [-0.15, -0.1) is 5.10 Å². The van der Waals surface area contributed by atoms with E-state index >= 15 is 0 Å². The van der Waals surface area contributed by atoms with Gasteiger partial charge in [0.25, 0.3) is 5.91 Å². The fourth-order valence-corrected chi connectivity index (χ4v) is 2.41. The van der Waals surface area contributed by atoms with Gasteiger partial charge in [0, 0.05) is 16.7 Å². The maximum atomic E-state index is 13.0. The van der Waals surface area contributed by atoms with E-state index in [9.17, 15) is 9.18 Å². The topological polar surface area (TPSA) is 71.8 Å². The minimum atomic E-state index is -0.354. The normalized spacial score (nSPS) is 14.9. The number of rotatable bonds is 3. The maximum absolute atomic E-state index is 13.0. The van der Waals surface area contributed by atoms with Crippen molar-refractivity contribution in [2.24, 2.45) is 0 Å². The molecule has 0 spiro atoms. The average molecular weight is 387 g/mol. The van der Waals surface area contributed by atoms with Crippen LogP contribution in [-0.4, -0.2) is 34.0 Å². The van der Waals surface area contributed by atoms with Crippen molar-refractivity contribution in [1.82, 2.24) is 20.3 Å². The first-order valence-corrected chi connectivity index (χ1v) is 7.10. The summed E-state index contributed by atoms with van der Waals surface area (Å²) in [6.45, 7) is 1.67. The highest BCUT2D eigenvalue weighted by Crippen LogP contribution is 2.19. The van der Waals surface area contributed by atoms with Gasteiger partial charge in [-0.3, -0.25) is 4.79 Å². The van der Waals surface area contributed by atoms with E-state index in [1.54, 1.807) is 10.9 Å². The van der Waals surface area contributed by atoms with E-state index in [1.807, 2.05) is 22.6 Å². The third kappa shape index (κ3) is 2.66. The molecule has 0 bridgehead atoms. The lowest BCUT2D eigenvalue weighted by Gasteiger charge is -2.26. The van der Waals surface area contributed by atoms with Gasteiger partial charge in [0.15, 0.2) is 5.69 Å². The summed E-state index contributed by atoms with van der Waals surface area (Å²) in [4.78, 5) is 12.1. The molecule has 1 saturated heterocycles. The van der Waals surface area contributed by atoms with Crippen LogP contribution in [0.1, 0.15) is 16.5 Å². The second-order valence-corrected chi connectivity index (χ2v) is 5.64. The first kappa shape index (κ1) is 13.4. The van der Waals surface area contributed by atoms with Crippen LogP contribution in [-0.2, 0) is 0 Å². The number of aromatic nitrogens is 3. The molecule has 0 atom stereocenters. The first-order chi connectivity index (χ1) is 9.63. The van der Waals surface area contributed by atoms with Gasteiger partial charge in [-0.05, 0) is 40.8 Å². The number of hydrogen-bond acceptors (Lipinski definition) is 4. The predicted molar refractivity (Wildman–Crippen MR) is 79.0 cm³/mol. The summed E-state index contributed by atoms with van der Waals surface area (Å²) in [6, 6.07) is 4.44. The van der Waals surface area contributed by atoms with Gasteiger partial charge in [0.2, 0.25) is 0 Å². The number of amides is 1. The van der Waals surface area contributed by atoms with Gasteiger partial charge in [-0.1, -0.05) is 5.21 Å². The number of hydrogen-bond donors (Lipinski definition) is 2. The van der Waals surface area contributed by atoms with Crippen LogP contribution in [0.15, 0.2) is 24.4 Å². The molecule has 104 valence electrons. The lowest BCUT2D eigenvalue weighted by atomic mass is 10.2. The Morgan fingerprint density at radius 3 is 2.95 bits per heavy atom. The number of halogens is 2. The van der Waals surface area contributed by atoms with Crippen LogP contribution in [0.3, 0.4) is 0 Å². The molecule has 6 nitrogen and oxygen atoms in total. The van der Waals surface area contributed by atoms with E-state index < -0.39 is 0 Å². The first-order valence-electron chi connectivity index (χ1n) is 6.02. The molecule has 1 fully saturated rings. The molecule has 1 aromatic carbocycles. The number of carbonyl (C=O) groups is 1. The van der Waals surface area contributed by atoms with E-state index in [4.69, 9.17) is 0 Å². The van der Waals surface area contributed by atoms with Crippen molar-refractivity contribution in [3.8, 4) is 0 Å². The number of carbonyl (C=O) groups excluding carboxylic acids is 1. The number of nitrogens with zero attached hydrogens (tertiary/aromatic N) is 3. The molecule has 2 heterocycles. The van der Waals surface area contributed by atoms with E-state index in [1.165, 1.54) is 18.2 Å². The van der Waals surface area contributed by atoms with Gasteiger partial charge in [-0.2, -0.15) is 0 Å². The third-order valence-corrected chi connectivity index (χ3v) is 3.95. The van der Waals surface area contributed by atoms with Crippen molar-refractivity contribution in [2.75, 3.05) is 18.4 Å². The number of nitrogens with one attached hydrogen (secondary N) is 2. The highest BCUT2D eigenvalue weighted by molar-refractivity contribution is 14.1.